The average Bonchev–Trinajstić information content (AvgIpc) is 2.97. The van der Waals surface area contributed by atoms with Gasteiger partial charge in [0.1, 0.15) is 5.75 Å². The molecule has 0 spiro atoms. The summed E-state index contributed by atoms with van der Waals surface area (Å²) >= 11 is 0. The minimum Gasteiger partial charge on any atom is -0.497 e. The number of aromatic nitrogens is 2. The lowest BCUT2D eigenvalue weighted by molar-refractivity contribution is 0.371. The molecule has 0 bridgehead atoms. The zero-order valence-corrected chi connectivity index (χ0v) is 11.3. The molecule has 0 saturated heterocycles. The fourth-order valence-electron chi connectivity index (χ4n) is 1.99. The predicted octanol–water partition coefficient (Wildman–Crippen LogP) is 2.36. The lowest BCUT2D eigenvalue weighted by atomic mass is 10.0. The molecule has 1 aromatic heterocycles. The molecule has 1 unspecified atom stereocenters. The van der Waals surface area contributed by atoms with Crippen LogP contribution in [0.25, 0.3) is 0 Å². The van der Waals surface area contributed by atoms with Crippen LogP contribution in [0.2, 0.25) is 0 Å². The highest BCUT2D eigenvalue weighted by Gasteiger charge is 2.09. The van der Waals surface area contributed by atoms with E-state index in [1.54, 1.807) is 7.11 Å². The second kappa shape index (κ2) is 6.89. The first-order valence-corrected chi connectivity index (χ1v) is 6.46. The Morgan fingerprint density at radius 1 is 1.32 bits per heavy atom. The Bertz CT molecular complexity index is 468. The minimum absolute atomic E-state index is 0.328. The molecule has 2 rings (SSSR count). The molecule has 0 amide bonds. The van der Waals surface area contributed by atoms with Crippen LogP contribution in [0, 0.1) is 0 Å². The van der Waals surface area contributed by atoms with Gasteiger partial charge in [0.15, 0.2) is 6.33 Å². The van der Waals surface area contributed by atoms with Gasteiger partial charge in [0.2, 0.25) is 5.89 Å². The van der Waals surface area contributed by atoms with Crippen LogP contribution < -0.4 is 10.1 Å². The van der Waals surface area contributed by atoms with Crippen molar-refractivity contribution in [3.63, 3.8) is 0 Å². The standard InChI is InChI=1S/C14H19N3O2/c1-3-13(11-4-6-12(18-2)7-5-11)15-9-8-14-16-10-17-19-14/h4-7,10,13,15H,3,8-9H2,1-2H3. The number of nitrogens with one attached hydrogen (secondary N) is 1. The van der Waals surface area contributed by atoms with Crippen LogP contribution >= 0.6 is 0 Å². The van der Waals surface area contributed by atoms with Crippen LogP contribution in [0.5, 0.6) is 5.75 Å². The molecule has 0 saturated carbocycles. The Morgan fingerprint density at radius 2 is 2.11 bits per heavy atom. The molecule has 0 aliphatic rings. The normalized spacial score (nSPS) is 12.3. The Balaban J connectivity index is 1.88. The van der Waals surface area contributed by atoms with E-state index in [1.807, 2.05) is 12.1 Å². The van der Waals surface area contributed by atoms with Crippen molar-refractivity contribution in [1.82, 2.24) is 15.5 Å². The summed E-state index contributed by atoms with van der Waals surface area (Å²) < 4.78 is 10.1. The van der Waals surface area contributed by atoms with Crippen molar-refractivity contribution >= 4 is 0 Å². The zero-order valence-electron chi connectivity index (χ0n) is 11.3. The summed E-state index contributed by atoms with van der Waals surface area (Å²) in [6, 6.07) is 8.48. The average molecular weight is 261 g/mol. The van der Waals surface area contributed by atoms with E-state index in [9.17, 15) is 0 Å². The van der Waals surface area contributed by atoms with Crippen LogP contribution in [-0.4, -0.2) is 23.8 Å². The van der Waals surface area contributed by atoms with E-state index in [4.69, 9.17) is 9.26 Å². The number of hydrogen-bond donors (Lipinski definition) is 1. The first kappa shape index (κ1) is 13.5. The summed E-state index contributed by atoms with van der Waals surface area (Å²) in [4.78, 5) is 4.00. The molecule has 102 valence electrons. The van der Waals surface area contributed by atoms with Crippen molar-refractivity contribution in [2.45, 2.75) is 25.8 Å². The number of methoxy groups -OCH3 is 1. The molecule has 1 N–H and O–H groups in total. The molecule has 0 fully saturated rings. The fraction of sp³-hybridized carbons (Fsp3) is 0.429. The van der Waals surface area contributed by atoms with E-state index in [0.29, 0.717) is 11.9 Å². The van der Waals surface area contributed by atoms with Gasteiger partial charge in [-0.15, -0.1) is 0 Å². The molecule has 5 nitrogen and oxygen atoms in total. The van der Waals surface area contributed by atoms with Gasteiger partial charge in [0.05, 0.1) is 7.11 Å². The molecular weight excluding hydrogens is 242 g/mol. The third-order valence-electron chi connectivity index (χ3n) is 3.06. The number of hydrogen-bond acceptors (Lipinski definition) is 5. The number of nitrogens with zero attached hydrogens (tertiary/aromatic N) is 2. The van der Waals surface area contributed by atoms with Crippen LogP contribution in [0.15, 0.2) is 35.1 Å². The lowest BCUT2D eigenvalue weighted by Gasteiger charge is -2.17. The number of rotatable bonds is 7. The van der Waals surface area contributed by atoms with E-state index in [-0.39, 0.29) is 0 Å². The van der Waals surface area contributed by atoms with Gasteiger partial charge in [-0.2, -0.15) is 4.98 Å². The summed E-state index contributed by atoms with van der Waals surface area (Å²) in [5.41, 5.74) is 1.26. The van der Waals surface area contributed by atoms with Gasteiger partial charge in [-0.1, -0.05) is 24.2 Å². The first-order valence-electron chi connectivity index (χ1n) is 6.46. The quantitative estimate of drug-likeness (QED) is 0.829. The summed E-state index contributed by atoms with van der Waals surface area (Å²) in [7, 11) is 1.68. The highest BCUT2D eigenvalue weighted by molar-refractivity contribution is 5.29. The summed E-state index contributed by atoms with van der Waals surface area (Å²) in [6.07, 6.45) is 3.19. The van der Waals surface area contributed by atoms with Gasteiger partial charge in [-0.05, 0) is 24.1 Å². The number of benzene rings is 1. The Morgan fingerprint density at radius 3 is 2.68 bits per heavy atom. The van der Waals surface area contributed by atoms with Crippen molar-refractivity contribution in [2.24, 2.45) is 0 Å². The van der Waals surface area contributed by atoms with Gasteiger partial charge >= 0.3 is 0 Å². The van der Waals surface area contributed by atoms with E-state index in [2.05, 4.69) is 34.5 Å². The third kappa shape index (κ3) is 3.79. The van der Waals surface area contributed by atoms with Gasteiger partial charge in [-0.25, -0.2) is 0 Å². The summed E-state index contributed by atoms with van der Waals surface area (Å²) in [5.74, 6) is 1.54. The lowest BCUT2D eigenvalue weighted by Crippen LogP contribution is -2.23. The van der Waals surface area contributed by atoms with Crippen molar-refractivity contribution in [2.75, 3.05) is 13.7 Å². The molecule has 5 heteroatoms. The Kier molecular flexibility index (Phi) is 4.92. The van der Waals surface area contributed by atoms with Crippen LogP contribution in [0.3, 0.4) is 0 Å². The predicted molar refractivity (Wildman–Crippen MR) is 72.0 cm³/mol. The van der Waals surface area contributed by atoms with Crippen molar-refractivity contribution in [1.29, 1.82) is 0 Å². The van der Waals surface area contributed by atoms with E-state index >= 15 is 0 Å². The SMILES string of the molecule is CCC(NCCc1ncno1)c1ccc(OC)cc1. The molecule has 0 aliphatic carbocycles. The van der Waals surface area contributed by atoms with Crippen molar-refractivity contribution in [3.05, 3.63) is 42.0 Å². The van der Waals surface area contributed by atoms with E-state index in [0.717, 1.165) is 25.1 Å². The maximum Gasteiger partial charge on any atom is 0.227 e. The zero-order chi connectivity index (χ0) is 13.5. The van der Waals surface area contributed by atoms with Gasteiger partial charge in [-0.3, -0.25) is 0 Å². The molecule has 1 heterocycles. The highest BCUT2D eigenvalue weighted by Crippen LogP contribution is 2.19. The number of ether oxygens (including phenoxy) is 1. The largest absolute Gasteiger partial charge is 0.497 e. The minimum atomic E-state index is 0.328. The molecule has 0 radical (unpaired) electrons. The molecular formula is C14H19N3O2. The van der Waals surface area contributed by atoms with Gasteiger partial charge < -0.3 is 14.6 Å². The van der Waals surface area contributed by atoms with Crippen molar-refractivity contribution in [3.8, 4) is 5.75 Å². The summed E-state index contributed by atoms with van der Waals surface area (Å²) in [6.45, 7) is 2.97. The summed E-state index contributed by atoms with van der Waals surface area (Å²) in [5, 5.41) is 7.08. The molecule has 1 aromatic carbocycles. The van der Waals surface area contributed by atoms with Gasteiger partial charge in [0, 0.05) is 19.0 Å². The second-order valence-electron chi connectivity index (χ2n) is 4.27. The van der Waals surface area contributed by atoms with Crippen molar-refractivity contribution < 1.29 is 9.26 Å². The molecule has 2 aromatic rings. The van der Waals surface area contributed by atoms with Gasteiger partial charge in [0.25, 0.3) is 0 Å². The van der Waals surface area contributed by atoms with E-state index in [1.165, 1.54) is 11.9 Å². The molecule has 0 aliphatic heterocycles. The third-order valence-corrected chi connectivity index (χ3v) is 3.06. The first-order chi connectivity index (χ1) is 9.33. The highest BCUT2D eigenvalue weighted by atomic mass is 16.5. The maximum atomic E-state index is 5.16. The van der Waals surface area contributed by atoms with Crippen LogP contribution in [0.1, 0.15) is 30.8 Å². The van der Waals surface area contributed by atoms with E-state index < -0.39 is 0 Å². The fourth-order valence-corrected chi connectivity index (χ4v) is 1.99. The van der Waals surface area contributed by atoms with Crippen LogP contribution in [-0.2, 0) is 6.42 Å². The monoisotopic (exact) mass is 261 g/mol. The molecule has 1 atom stereocenters. The maximum absolute atomic E-state index is 5.16. The smallest absolute Gasteiger partial charge is 0.227 e. The van der Waals surface area contributed by atoms with Crippen LogP contribution in [0.4, 0.5) is 0 Å². The topological polar surface area (TPSA) is 60.2 Å². The second-order valence-corrected chi connectivity index (χ2v) is 4.27. The molecule has 19 heavy (non-hydrogen) atoms. The Hall–Kier alpha value is -1.88. The Labute approximate surface area is 113 Å².